The number of aliphatic imine (C=N–C) groups is 1. The lowest BCUT2D eigenvalue weighted by Crippen LogP contribution is -2.53. The average molecular weight is 488 g/mol. The van der Waals surface area contributed by atoms with Crippen LogP contribution in [-0.2, 0) is 10.8 Å². The molecule has 1 heterocycles. The summed E-state index contributed by atoms with van der Waals surface area (Å²) in [5.41, 5.74) is 8.91. The second kappa shape index (κ2) is 9.55. The summed E-state index contributed by atoms with van der Waals surface area (Å²) in [6.45, 7) is 4.48. The molecular weight excluding hydrogens is 450 g/mol. The predicted molar refractivity (Wildman–Crippen MR) is 159 cm³/mol. The molecule has 0 saturated carbocycles. The molecule has 1 aliphatic rings. The van der Waals surface area contributed by atoms with Gasteiger partial charge in [-0.1, -0.05) is 79.7 Å². The van der Waals surface area contributed by atoms with Crippen LogP contribution in [0.1, 0.15) is 41.2 Å². The quantitative estimate of drug-likeness (QED) is 0.280. The number of hydrogen-bond acceptors (Lipinski definition) is 3. The summed E-state index contributed by atoms with van der Waals surface area (Å²) in [6, 6.07) is 35.9. The van der Waals surface area contributed by atoms with E-state index in [0.717, 1.165) is 12.1 Å². The first-order valence-corrected chi connectivity index (χ1v) is 13.1. The van der Waals surface area contributed by atoms with Crippen molar-refractivity contribution in [1.82, 2.24) is 0 Å². The van der Waals surface area contributed by atoms with Gasteiger partial charge in [-0.3, -0.25) is 4.99 Å². The van der Waals surface area contributed by atoms with Crippen LogP contribution in [0.25, 0.3) is 0 Å². The zero-order valence-corrected chi connectivity index (χ0v) is 22.9. The van der Waals surface area contributed by atoms with Crippen molar-refractivity contribution in [2.75, 3.05) is 38.0 Å². The number of anilines is 2. The molecule has 0 aliphatic carbocycles. The molecule has 0 fully saturated rings. The summed E-state index contributed by atoms with van der Waals surface area (Å²) in [4.78, 5) is 9.51. The Bertz CT molecular complexity index is 1350. The molecule has 4 aromatic rings. The largest absolute Gasteiger partial charge is 0.378 e. The number of benzene rings is 4. The Labute approximate surface area is 222 Å². The molecule has 4 aromatic carbocycles. The molecule has 3 nitrogen and oxygen atoms in total. The van der Waals surface area contributed by atoms with Crippen molar-refractivity contribution < 1.29 is 0 Å². The Morgan fingerprint density at radius 3 is 1.65 bits per heavy atom. The third-order valence-corrected chi connectivity index (χ3v) is 8.20. The Morgan fingerprint density at radius 2 is 1.16 bits per heavy atom. The highest BCUT2D eigenvalue weighted by atomic mass is 15.1. The molecule has 0 spiro atoms. The van der Waals surface area contributed by atoms with Crippen LogP contribution in [0.15, 0.2) is 102 Å². The monoisotopic (exact) mass is 487 g/mol. The summed E-state index contributed by atoms with van der Waals surface area (Å²) in [7, 11) is 8.38. The third kappa shape index (κ3) is 3.76. The zero-order chi connectivity index (χ0) is 26.2. The van der Waals surface area contributed by atoms with Crippen LogP contribution in [0.4, 0.5) is 17.1 Å². The number of fused-ring (bicyclic) bond motifs is 1. The maximum atomic E-state index is 5.19. The first-order valence-electron chi connectivity index (χ1n) is 13.1. The van der Waals surface area contributed by atoms with Crippen molar-refractivity contribution >= 4 is 23.3 Å². The Morgan fingerprint density at radius 1 is 0.622 bits per heavy atom. The van der Waals surface area contributed by atoms with Crippen LogP contribution in [0, 0.1) is 6.92 Å². The van der Waals surface area contributed by atoms with Gasteiger partial charge in [0.2, 0.25) is 0 Å². The van der Waals surface area contributed by atoms with Gasteiger partial charge in [-0.2, -0.15) is 0 Å². The molecule has 3 heteroatoms. The van der Waals surface area contributed by atoms with E-state index >= 15 is 0 Å². The standard InChI is InChI=1S/C34H37N3/c1-7-33(26-13-9-8-10-14-26)24-35-32-25(2)12-11-15-31(32)34(33,27-16-20-29(21-17-27)36(3)4)28-18-22-30(23-19-28)37(5)6/h8-24H,7H2,1-6H3. The van der Waals surface area contributed by atoms with E-state index in [0.29, 0.717) is 0 Å². The van der Waals surface area contributed by atoms with Crippen molar-refractivity contribution in [2.24, 2.45) is 4.99 Å². The summed E-state index contributed by atoms with van der Waals surface area (Å²) in [5, 5.41) is 0. The molecule has 1 aliphatic heterocycles. The highest BCUT2D eigenvalue weighted by Crippen LogP contribution is 2.59. The molecule has 0 radical (unpaired) electrons. The van der Waals surface area contributed by atoms with Crippen molar-refractivity contribution in [3.63, 3.8) is 0 Å². The predicted octanol–water partition coefficient (Wildman–Crippen LogP) is 7.53. The Hall–Kier alpha value is -3.85. The van der Waals surface area contributed by atoms with Crippen LogP contribution in [0.2, 0.25) is 0 Å². The van der Waals surface area contributed by atoms with Gasteiger partial charge in [0.15, 0.2) is 0 Å². The lowest BCUT2D eigenvalue weighted by molar-refractivity contribution is 0.388. The average Bonchev–Trinajstić information content (AvgIpc) is 2.93. The summed E-state index contributed by atoms with van der Waals surface area (Å²) >= 11 is 0. The maximum absolute atomic E-state index is 5.19. The van der Waals surface area contributed by atoms with Gasteiger partial charge in [-0.15, -0.1) is 0 Å². The topological polar surface area (TPSA) is 18.8 Å². The van der Waals surface area contributed by atoms with E-state index < -0.39 is 5.41 Å². The molecule has 0 saturated heterocycles. The maximum Gasteiger partial charge on any atom is 0.0700 e. The smallest absolute Gasteiger partial charge is 0.0700 e. The van der Waals surface area contributed by atoms with Crippen LogP contribution in [-0.4, -0.2) is 34.4 Å². The van der Waals surface area contributed by atoms with E-state index in [1.165, 1.54) is 39.2 Å². The normalized spacial score (nSPS) is 17.8. The second-order valence-electron chi connectivity index (χ2n) is 10.6. The molecule has 1 atom stereocenters. The highest BCUT2D eigenvalue weighted by Gasteiger charge is 2.56. The Kier molecular flexibility index (Phi) is 6.41. The van der Waals surface area contributed by atoms with Gasteiger partial charge in [0.05, 0.1) is 11.1 Å². The lowest BCUT2D eigenvalue weighted by Gasteiger charge is -2.53. The van der Waals surface area contributed by atoms with Crippen molar-refractivity contribution in [3.05, 3.63) is 125 Å². The fourth-order valence-corrected chi connectivity index (χ4v) is 6.24. The van der Waals surface area contributed by atoms with E-state index in [9.17, 15) is 0 Å². The van der Waals surface area contributed by atoms with Crippen LogP contribution in [0.3, 0.4) is 0 Å². The van der Waals surface area contributed by atoms with Crippen molar-refractivity contribution in [3.8, 4) is 0 Å². The van der Waals surface area contributed by atoms with Gasteiger partial charge in [-0.05, 0) is 65.4 Å². The summed E-state index contributed by atoms with van der Waals surface area (Å²) in [6.07, 6.45) is 3.15. The zero-order valence-electron chi connectivity index (χ0n) is 22.9. The minimum Gasteiger partial charge on any atom is -0.378 e. The molecule has 0 amide bonds. The van der Waals surface area contributed by atoms with E-state index in [1.807, 2.05) is 0 Å². The van der Waals surface area contributed by atoms with Gasteiger partial charge in [-0.25, -0.2) is 0 Å². The SMILES string of the molecule is CCC1(c2ccccc2)C=Nc2c(C)cccc2C1(c1ccc(N(C)C)cc1)c1ccc(N(C)C)cc1. The fourth-order valence-electron chi connectivity index (χ4n) is 6.24. The number of aryl methyl sites for hydroxylation is 1. The molecule has 0 N–H and O–H groups in total. The molecule has 37 heavy (non-hydrogen) atoms. The first-order chi connectivity index (χ1) is 17.8. The molecule has 0 aromatic heterocycles. The van der Waals surface area contributed by atoms with Crippen LogP contribution < -0.4 is 9.80 Å². The summed E-state index contributed by atoms with van der Waals surface area (Å²) in [5.74, 6) is 0. The third-order valence-electron chi connectivity index (χ3n) is 8.20. The Balaban J connectivity index is 1.95. The van der Waals surface area contributed by atoms with Crippen molar-refractivity contribution in [1.29, 1.82) is 0 Å². The molecule has 1 unspecified atom stereocenters. The van der Waals surface area contributed by atoms with Gasteiger partial charge < -0.3 is 9.80 Å². The van der Waals surface area contributed by atoms with E-state index in [-0.39, 0.29) is 5.41 Å². The second-order valence-corrected chi connectivity index (χ2v) is 10.6. The number of hydrogen-bond donors (Lipinski definition) is 0. The number of para-hydroxylation sites is 1. The van der Waals surface area contributed by atoms with Crippen LogP contribution >= 0.6 is 0 Å². The van der Waals surface area contributed by atoms with E-state index in [2.05, 4.69) is 155 Å². The lowest BCUT2D eigenvalue weighted by atomic mass is 9.49. The molecule has 188 valence electrons. The highest BCUT2D eigenvalue weighted by molar-refractivity contribution is 5.89. The van der Waals surface area contributed by atoms with Gasteiger partial charge in [0.1, 0.15) is 0 Å². The first kappa shape index (κ1) is 24.8. The van der Waals surface area contributed by atoms with Gasteiger partial charge >= 0.3 is 0 Å². The van der Waals surface area contributed by atoms with Crippen molar-refractivity contribution in [2.45, 2.75) is 31.1 Å². The minimum atomic E-state index is -0.470. The fraction of sp³-hybridized carbons (Fsp3) is 0.265. The van der Waals surface area contributed by atoms with Gasteiger partial charge in [0, 0.05) is 51.2 Å². The minimum absolute atomic E-state index is 0.381. The van der Waals surface area contributed by atoms with Gasteiger partial charge in [0.25, 0.3) is 0 Å². The molecule has 0 bridgehead atoms. The summed E-state index contributed by atoms with van der Waals surface area (Å²) < 4.78 is 0. The molecule has 5 rings (SSSR count). The van der Waals surface area contributed by atoms with E-state index in [1.54, 1.807) is 0 Å². The van der Waals surface area contributed by atoms with Crippen LogP contribution in [0.5, 0.6) is 0 Å². The van der Waals surface area contributed by atoms with E-state index in [4.69, 9.17) is 4.99 Å². The number of nitrogens with zero attached hydrogens (tertiary/aromatic N) is 3. The molecular formula is C34H37N3. The number of rotatable bonds is 6.